The van der Waals surface area contributed by atoms with Crippen LogP contribution in [-0.2, 0) is 0 Å². The first-order chi connectivity index (χ1) is 9.65. The Morgan fingerprint density at radius 2 is 1.45 bits per heavy atom. The molecule has 1 aromatic carbocycles. The van der Waals surface area contributed by atoms with E-state index in [0.717, 1.165) is 12.0 Å². The van der Waals surface area contributed by atoms with Gasteiger partial charge in [0.1, 0.15) is 0 Å². The van der Waals surface area contributed by atoms with Gasteiger partial charge in [-0.3, -0.25) is 4.79 Å². The average Bonchev–Trinajstić information content (AvgIpc) is 2.44. The van der Waals surface area contributed by atoms with Gasteiger partial charge in [0.25, 0.3) is 0 Å². The Kier molecular flexibility index (Phi) is 8.25. The van der Waals surface area contributed by atoms with Crippen LogP contribution in [0, 0.1) is 13.8 Å². The number of unbranched alkanes of at least 4 members (excludes halogenated alkanes) is 7. The van der Waals surface area contributed by atoms with Crippen LogP contribution in [0.4, 0.5) is 0 Å². The van der Waals surface area contributed by atoms with Gasteiger partial charge in [-0.15, -0.1) is 0 Å². The van der Waals surface area contributed by atoms with Crippen LogP contribution in [0.25, 0.3) is 0 Å². The number of hydrogen-bond donors (Lipinski definition) is 0. The minimum atomic E-state index is 0.305. The van der Waals surface area contributed by atoms with Gasteiger partial charge in [-0.1, -0.05) is 64.0 Å². The second-order valence-corrected chi connectivity index (χ2v) is 5.95. The Labute approximate surface area is 124 Å². The lowest BCUT2D eigenvalue weighted by atomic mass is 10.00. The molecule has 0 spiro atoms. The quantitative estimate of drug-likeness (QED) is 0.377. The largest absolute Gasteiger partial charge is 0.294 e. The van der Waals surface area contributed by atoms with E-state index >= 15 is 0 Å². The van der Waals surface area contributed by atoms with Gasteiger partial charge < -0.3 is 0 Å². The van der Waals surface area contributed by atoms with Gasteiger partial charge in [0.05, 0.1) is 0 Å². The van der Waals surface area contributed by atoms with Gasteiger partial charge in [0.2, 0.25) is 0 Å². The molecule has 1 rings (SSSR count). The summed E-state index contributed by atoms with van der Waals surface area (Å²) in [5, 5.41) is 0. The van der Waals surface area contributed by atoms with Gasteiger partial charge in [0, 0.05) is 12.0 Å². The highest BCUT2D eigenvalue weighted by atomic mass is 16.1. The summed E-state index contributed by atoms with van der Waals surface area (Å²) < 4.78 is 0. The highest BCUT2D eigenvalue weighted by Crippen LogP contribution is 2.14. The molecule has 0 saturated carbocycles. The lowest BCUT2D eigenvalue weighted by molar-refractivity contribution is 0.0979. The minimum Gasteiger partial charge on any atom is -0.294 e. The van der Waals surface area contributed by atoms with Crippen molar-refractivity contribution in [2.45, 2.75) is 78.6 Å². The second-order valence-electron chi connectivity index (χ2n) is 5.95. The Bertz CT molecular complexity index is 406. The molecule has 0 amide bonds. The number of carbonyl (C=O) groups is 1. The summed E-state index contributed by atoms with van der Waals surface area (Å²) in [6.45, 7) is 6.41. The lowest BCUT2D eigenvalue weighted by Crippen LogP contribution is -2.00. The molecule has 112 valence electrons. The molecule has 0 bridgehead atoms. The third-order valence-electron chi connectivity index (χ3n) is 4.09. The summed E-state index contributed by atoms with van der Waals surface area (Å²) in [6.07, 6.45) is 11.0. The van der Waals surface area contributed by atoms with E-state index in [1.807, 2.05) is 12.1 Å². The average molecular weight is 274 g/mol. The summed E-state index contributed by atoms with van der Waals surface area (Å²) in [4.78, 5) is 12.1. The highest BCUT2D eigenvalue weighted by molar-refractivity contribution is 5.96. The number of aryl methyl sites for hydroxylation is 2. The van der Waals surface area contributed by atoms with Crippen molar-refractivity contribution in [3.63, 3.8) is 0 Å². The number of hydrogen-bond acceptors (Lipinski definition) is 1. The molecule has 0 atom stereocenters. The maximum Gasteiger partial charge on any atom is 0.162 e. The van der Waals surface area contributed by atoms with Crippen LogP contribution in [0.15, 0.2) is 18.2 Å². The maximum absolute atomic E-state index is 12.1. The van der Waals surface area contributed by atoms with Crippen LogP contribution >= 0.6 is 0 Å². The third-order valence-corrected chi connectivity index (χ3v) is 4.09. The number of Topliss-reactive ketones (excluding diaryl/α,β-unsaturated/α-hetero) is 1. The smallest absolute Gasteiger partial charge is 0.162 e. The van der Waals surface area contributed by atoms with Crippen molar-refractivity contribution in [3.8, 4) is 0 Å². The van der Waals surface area contributed by atoms with Crippen LogP contribution in [0.1, 0.15) is 86.2 Å². The topological polar surface area (TPSA) is 17.1 Å². The normalized spacial score (nSPS) is 10.8. The van der Waals surface area contributed by atoms with Gasteiger partial charge in [-0.05, 0) is 37.5 Å². The van der Waals surface area contributed by atoms with Crippen molar-refractivity contribution in [1.29, 1.82) is 0 Å². The molecule has 0 fully saturated rings. The van der Waals surface area contributed by atoms with Gasteiger partial charge in [-0.2, -0.15) is 0 Å². The molecule has 0 aliphatic carbocycles. The molecule has 0 radical (unpaired) electrons. The standard InChI is InChI=1S/C19H30O/c1-4-5-6-7-8-9-10-11-12-19(20)18-14-13-16(2)17(3)15-18/h13-15H,4-12H2,1-3H3. The molecular formula is C19H30O. The Morgan fingerprint density at radius 1 is 0.850 bits per heavy atom. The molecular weight excluding hydrogens is 244 g/mol. The fourth-order valence-electron chi connectivity index (χ4n) is 2.48. The van der Waals surface area contributed by atoms with E-state index < -0.39 is 0 Å². The molecule has 1 heteroatoms. The zero-order chi connectivity index (χ0) is 14.8. The number of carbonyl (C=O) groups excluding carboxylic acids is 1. The predicted octanol–water partition coefficient (Wildman–Crippen LogP) is 6.02. The molecule has 0 aliphatic heterocycles. The van der Waals surface area contributed by atoms with E-state index in [2.05, 4.69) is 26.8 Å². The Balaban J connectivity index is 2.15. The van der Waals surface area contributed by atoms with Crippen LogP contribution in [0.3, 0.4) is 0 Å². The van der Waals surface area contributed by atoms with Gasteiger partial charge >= 0.3 is 0 Å². The predicted molar refractivity (Wildman–Crippen MR) is 87.5 cm³/mol. The van der Waals surface area contributed by atoms with E-state index in [1.165, 1.54) is 56.1 Å². The number of benzene rings is 1. The lowest BCUT2D eigenvalue weighted by Gasteiger charge is -2.05. The first-order valence-corrected chi connectivity index (χ1v) is 8.25. The van der Waals surface area contributed by atoms with E-state index in [1.54, 1.807) is 0 Å². The maximum atomic E-state index is 12.1. The number of rotatable bonds is 10. The zero-order valence-electron chi connectivity index (χ0n) is 13.5. The van der Waals surface area contributed by atoms with Crippen molar-refractivity contribution < 1.29 is 4.79 Å². The van der Waals surface area contributed by atoms with Crippen LogP contribution in [0.5, 0.6) is 0 Å². The van der Waals surface area contributed by atoms with Crippen LogP contribution in [-0.4, -0.2) is 5.78 Å². The van der Waals surface area contributed by atoms with E-state index in [9.17, 15) is 4.79 Å². The SMILES string of the molecule is CCCCCCCCCCC(=O)c1ccc(C)c(C)c1. The highest BCUT2D eigenvalue weighted by Gasteiger charge is 2.06. The van der Waals surface area contributed by atoms with Crippen molar-refractivity contribution in [2.24, 2.45) is 0 Å². The molecule has 0 saturated heterocycles. The molecule has 0 N–H and O–H groups in total. The minimum absolute atomic E-state index is 0.305. The summed E-state index contributed by atoms with van der Waals surface area (Å²) in [6, 6.07) is 6.05. The first kappa shape index (κ1) is 16.9. The van der Waals surface area contributed by atoms with E-state index in [-0.39, 0.29) is 0 Å². The van der Waals surface area contributed by atoms with Crippen molar-refractivity contribution in [2.75, 3.05) is 0 Å². The second kappa shape index (κ2) is 9.74. The number of ketones is 1. The summed E-state index contributed by atoms with van der Waals surface area (Å²) >= 11 is 0. The van der Waals surface area contributed by atoms with Crippen LogP contribution < -0.4 is 0 Å². The molecule has 0 heterocycles. The van der Waals surface area contributed by atoms with Gasteiger partial charge in [0.15, 0.2) is 5.78 Å². The van der Waals surface area contributed by atoms with Crippen LogP contribution in [0.2, 0.25) is 0 Å². The molecule has 0 aromatic heterocycles. The molecule has 1 aromatic rings. The fourth-order valence-corrected chi connectivity index (χ4v) is 2.48. The van der Waals surface area contributed by atoms with Crippen molar-refractivity contribution >= 4 is 5.78 Å². The molecule has 1 nitrogen and oxygen atoms in total. The van der Waals surface area contributed by atoms with Crippen molar-refractivity contribution in [1.82, 2.24) is 0 Å². The van der Waals surface area contributed by atoms with Crippen molar-refractivity contribution in [3.05, 3.63) is 34.9 Å². The summed E-state index contributed by atoms with van der Waals surface area (Å²) in [7, 11) is 0. The zero-order valence-corrected chi connectivity index (χ0v) is 13.5. The third kappa shape index (κ3) is 6.36. The molecule has 20 heavy (non-hydrogen) atoms. The molecule has 0 aliphatic rings. The first-order valence-electron chi connectivity index (χ1n) is 8.25. The summed E-state index contributed by atoms with van der Waals surface area (Å²) in [5.41, 5.74) is 3.36. The Morgan fingerprint density at radius 3 is 2.05 bits per heavy atom. The monoisotopic (exact) mass is 274 g/mol. The van der Waals surface area contributed by atoms with E-state index in [4.69, 9.17) is 0 Å². The van der Waals surface area contributed by atoms with E-state index in [0.29, 0.717) is 12.2 Å². The molecule has 0 unspecified atom stereocenters. The fraction of sp³-hybridized carbons (Fsp3) is 0.632. The van der Waals surface area contributed by atoms with Gasteiger partial charge in [-0.25, -0.2) is 0 Å². The summed E-state index contributed by atoms with van der Waals surface area (Å²) in [5.74, 6) is 0.305. The Hall–Kier alpha value is -1.11.